The first-order valence-corrected chi connectivity index (χ1v) is 9.51. The molecular formula is C16H14ClF16NO. The monoisotopic (exact) mass is 575 g/mol. The SMILES string of the molecule is CC1CCCC(C)N1C(=O)C(F)(F)C(F)(F)C(F)(F)C(F)(F)C(F)(F)C(F)(F)C(F)(F)C(F)(F)Cl. The third kappa shape index (κ3) is 4.18. The highest BCUT2D eigenvalue weighted by molar-refractivity contribution is 6.22. The Balaban J connectivity index is 3.64. The van der Waals surface area contributed by atoms with Crippen LogP contribution in [0.1, 0.15) is 33.1 Å². The Bertz CT molecular complexity index is 798. The number of carbonyl (C=O) groups excluding carboxylic acids is 1. The summed E-state index contributed by atoms with van der Waals surface area (Å²) in [6.45, 7) is 1.88. The zero-order chi connectivity index (χ0) is 28.4. The van der Waals surface area contributed by atoms with Crippen LogP contribution in [0.3, 0.4) is 0 Å². The van der Waals surface area contributed by atoms with Crippen LogP contribution in [0.15, 0.2) is 0 Å². The summed E-state index contributed by atoms with van der Waals surface area (Å²) in [4.78, 5) is 11.8. The molecule has 0 aromatic heterocycles. The van der Waals surface area contributed by atoms with Gasteiger partial charge in [0.05, 0.1) is 0 Å². The lowest BCUT2D eigenvalue weighted by Gasteiger charge is -2.45. The minimum atomic E-state index is -8.58. The zero-order valence-corrected chi connectivity index (χ0v) is 17.8. The van der Waals surface area contributed by atoms with Crippen LogP contribution < -0.4 is 0 Å². The lowest BCUT2D eigenvalue weighted by molar-refractivity contribution is -0.446. The molecule has 2 atom stereocenters. The van der Waals surface area contributed by atoms with E-state index in [1.807, 2.05) is 0 Å². The summed E-state index contributed by atoms with van der Waals surface area (Å²) in [5.41, 5.74) is 0. The maximum absolute atomic E-state index is 14.2. The number of rotatable bonds is 8. The summed E-state index contributed by atoms with van der Waals surface area (Å²) in [7, 11) is 0. The standard InChI is InChI=1S/C16H14ClF16NO/c1-6-4-3-5-7(2)34(6)8(35)9(18,19)10(20,21)11(22,23)12(24,25)13(26,27)14(28,29)15(30,31)16(17,32)33/h6-7H,3-5H2,1-2H3. The fourth-order valence-corrected chi connectivity index (χ4v) is 3.40. The number of carbonyl (C=O) groups is 1. The molecule has 0 bridgehead atoms. The number of piperidine rings is 1. The van der Waals surface area contributed by atoms with E-state index < -0.39 is 64.8 Å². The first kappa shape index (κ1) is 31.7. The lowest BCUT2D eigenvalue weighted by Crippen LogP contribution is -2.75. The number of alkyl halides is 17. The van der Waals surface area contributed by atoms with Crippen molar-refractivity contribution in [3.8, 4) is 0 Å². The summed E-state index contributed by atoms with van der Waals surface area (Å²) in [6, 6.07) is -2.78. The third-order valence-corrected chi connectivity index (χ3v) is 5.66. The van der Waals surface area contributed by atoms with Crippen molar-refractivity contribution >= 4 is 17.5 Å². The van der Waals surface area contributed by atoms with Crippen molar-refractivity contribution in [3.05, 3.63) is 0 Å². The van der Waals surface area contributed by atoms with E-state index in [-0.39, 0.29) is 24.2 Å². The molecule has 0 aromatic rings. The van der Waals surface area contributed by atoms with Crippen molar-refractivity contribution in [3.63, 3.8) is 0 Å². The quantitative estimate of drug-likeness (QED) is 0.224. The van der Waals surface area contributed by atoms with Gasteiger partial charge in [-0.2, -0.15) is 70.2 Å². The summed E-state index contributed by atoms with van der Waals surface area (Å²) >= 11 is 3.45. The van der Waals surface area contributed by atoms with Crippen molar-refractivity contribution < 1.29 is 75.0 Å². The van der Waals surface area contributed by atoms with Crippen LogP contribution in [0.5, 0.6) is 0 Å². The van der Waals surface area contributed by atoms with Crippen LogP contribution in [-0.2, 0) is 4.79 Å². The molecule has 1 aliphatic rings. The molecule has 1 rings (SSSR count). The average molecular weight is 576 g/mol. The number of likely N-dealkylation sites (tertiary alicyclic amines) is 1. The summed E-state index contributed by atoms with van der Waals surface area (Å²) in [5, 5.41) is -6.84. The van der Waals surface area contributed by atoms with Gasteiger partial charge in [0.25, 0.3) is 5.91 Å². The fourth-order valence-electron chi connectivity index (χ4n) is 3.28. The van der Waals surface area contributed by atoms with Gasteiger partial charge < -0.3 is 4.90 Å². The van der Waals surface area contributed by atoms with Crippen molar-refractivity contribution in [1.29, 1.82) is 0 Å². The van der Waals surface area contributed by atoms with Crippen molar-refractivity contribution in [2.45, 2.75) is 92.0 Å². The van der Waals surface area contributed by atoms with Gasteiger partial charge in [0.15, 0.2) is 0 Å². The summed E-state index contributed by atoms with van der Waals surface area (Å²) in [6.07, 6.45) is -0.171. The molecule has 0 aliphatic carbocycles. The number of hydrogen-bond donors (Lipinski definition) is 0. The second-order valence-corrected chi connectivity index (χ2v) is 8.33. The van der Waals surface area contributed by atoms with Gasteiger partial charge in [0.2, 0.25) is 0 Å². The highest BCUT2D eigenvalue weighted by Crippen LogP contribution is 2.64. The largest absolute Gasteiger partial charge is 0.393 e. The van der Waals surface area contributed by atoms with Crippen molar-refractivity contribution in [2.24, 2.45) is 0 Å². The fraction of sp³-hybridized carbons (Fsp3) is 0.938. The third-order valence-electron chi connectivity index (χ3n) is 5.42. The Morgan fingerprint density at radius 3 is 1.20 bits per heavy atom. The predicted molar refractivity (Wildman–Crippen MR) is 85.0 cm³/mol. The number of halogens is 17. The lowest BCUT2D eigenvalue weighted by atomic mass is 9.88. The molecule has 0 saturated carbocycles. The van der Waals surface area contributed by atoms with Crippen molar-refractivity contribution in [1.82, 2.24) is 4.90 Å². The van der Waals surface area contributed by atoms with Gasteiger partial charge >= 0.3 is 46.8 Å². The van der Waals surface area contributed by atoms with E-state index in [2.05, 4.69) is 11.6 Å². The molecule has 19 heteroatoms. The highest BCUT2D eigenvalue weighted by Gasteiger charge is 2.95. The van der Waals surface area contributed by atoms with Gasteiger partial charge in [0, 0.05) is 12.1 Å². The van der Waals surface area contributed by atoms with Gasteiger partial charge in [-0.25, -0.2) is 0 Å². The topological polar surface area (TPSA) is 20.3 Å². The maximum Gasteiger partial charge on any atom is 0.393 e. The molecule has 0 radical (unpaired) electrons. The van der Waals surface area contributed by atoms with E-state index >= 15 is 0 Å². The first-order chi connectivity index (χ1) is 15.1. The van der Waals surface area contributed by atoms with E-state index in [0.717, 1.165) is 13.8 Å². The molecule has 1 heterocycles. The predicted octanol–water partition coefficient (Wildman–Crippen LogP) is 7.05. The molecule has 1 saturated heterocycles. The molecule has 2 unspecified atom stereocenters. The van der Waals surface area contributed by atoms with Crippen molar-refractivity contribution in [2.75, 3.05) is 0 Å². The zero-order valence-electron chi connectivity index (χ0n) is 17.1. The molecule has 0 spiro atoms. The Labute approximate surface area is 190 Å². The van der Waals surface area contributed by atoms with Crippen LogP contribution in [0.2, 0.25) is 0 Å². The van der Waals surface area contributed by atoms with Gasteiger partial charge in [0.1, 0.15) is 0 Å². The van der Waals surface area contributed by atoms with E-state index in [1.165, 1.54) is 0 Å². The second-order valence-electron chi connectivity index (χ2n) is 7.86. The Morgan fingerprint density at radius 2 is 0.886 bits per heavy atom. The summed E-state index contributed by atoms with van der Waals surface area (Å²) in [5.74, 6) is -59.9. The molecule has 1 fully saturated rings. The second kappa shape index (κ2) is 8.60. The van der Waals surface area contributed by atoms with Crippen LogP contribution in [0.25, 0.3) is 0 Å². The van der Waals surface area contributed by atoms with Gasteiger partial charge in [-0.1, -0.05) is 0 Å². The maximum atomic E-state index is 14.2. The van der Waals surface area contributed by atoms with Crippen LogP contribution in [0, 0.1) is 0 Å². The molecule has 2 nitrogen and oxygen atoms in total. The van der Waals surface area contributed by atoms with Gasteiger partial charge in [-0.05, 0) is 44.7 Å². The Hall–Kier alpha value is -1.36. The normalized spacial score (nSPS) is 22.4. The smallest absolute Gasteiger partial charge is 0.332 e. The molecular weight excluding hydrogens is 562 g/mol. The Morgan fingerprint density at radius 1 is 0.600 bits per heavy atom. The van der Waals surface area contributed by atoms with Gasteiger partial charge in [-0.3, -0.25) is 4.79 Å². The molecule has 1 aliphatic heterocycles. The Kier molecular flexibility index (Phi) is 7.78. The number of hydrogen-bond acceptors (Lipinski definition) is 1. The minimum Gasteiger partial charge on any atom is -0.332 e. The molecule has 1 amide bonds. The van der Waals surface area contributed by atoms with E-state index in [0.29, 0.717) is 0 Å². The highest BCUT2D eigenvalue weighted by atomic mass is 35.5. The van der Waals surface area contributed by atoms with Crippen LogP contribution in [-0.4, -0.2) is 69.7 Å². The van der Waals surface area contributed by atoms with E-state index in [1.54, 1.807) is 0 Å². The number of amides is 1. The first-order valence-electron chi connectivity index (χ1n) is 9.13. The molecule has 0 aromatic carbocycles. The van der Waals surface area contributed by atoms with E-state index in [4.69, 9.17) is 0 Å². The van der Waals surface area contributed by atoms with E-state index in [9.17, 15) is 75.0 Å². The van der Waals surface area contributed by atoms with Crippen LogP contribution in [0.4, 0.5) is 70.2 Å². The molecule has 35 heavy (non-hydrogen) atoms. The molecule has 208 valence electrons. The average Bonchev–Trinajstić information content (AvgIpc) is 2.65. The minimum absolute atomic E-state index is 0.152. The van der Waals surface area contributed by atoms with Crippen LogP contribution >= 0.6 is 11.6 Å². The molecule has 0 N–H and O–H groups in total. The van der Waals surface area contributed by atoms with Gasteiger partial charge in [-0.15, -0.1) is 0 Å². The number of nitrogens with zero attached hydrogens (tertiary/aromatic N) is 1. The summed E-state index contributed by atoms with van der Waals surface area (Å²) < 4.78 is 216.